The molecule has 0 fully saturated rings. The second-order valence-electron chi connectivity index (χ2n) is 5.13. The maximum atomic E-state index is 12.2. The molecule has 136 valence electrons. The van der Waals surface area contributed by atoms with Crippen molar-refractivity contribution in [1.82, 2.24) is 9.78 Å². The zero-order chi connectivity index (χ0) is 18.4. The lowest BCUT2D eigenvalue weighted by Crippen LogP contribution is -2.31. The number of nitrogens with zero attached hydrogens (tertiary/aromatic N) is 3. The second-order valence-corrected chi connectivity index (χ2v) is 6.32. The molecule has 1 heterocycles. The van der Waals surface area contributed by atoms with Crippen molar-refractivity contribution in [1.29, 1.82) is 0 Å². The second kappa shape index (κ2) is 9.40. The normalized spacial score (nSPS) is 10.9. The van der Waals surface area contributed by atoms with Crippen LogP contribution in [0.2, 0.25) is 15.1 Å². The average molecular weight is 407 g/mol. The summed E-state index contributed by atoms with van der Waals surface area (Å²) in [6, 6.07) is 5.22. The van der Waals surface area contributed by atoms with Crippen LogP contribution in [-0.2, 0) is 9.47 Å². The summed E-state index contributed by atoms with van der Waals surface area (Å²) < 4.78 is 11.4. The van der Waals surface area contributed by atoms with Gasteiger partial charge in [-0.15, -0.1) is 0 Å². The number of aromatic nitrogens is 2. The smallest absolute Gasteiger partial charge is 0.291 e. The van der Waals surface area contributed by atoms with Crippen molar-refractivity contribution in [2.24, 2.45) is 0 Å². The fourth-order valence-corrected chi connectivity index (χ4v) is 2.78. The SMILES string of the molecule is COCCN(CCOC)c1ccc(-n2ncc(Cl)c(Cl)c2=O)cc1Cl. The van der Waals surface area contributed by atoms with E-state index in [1.807, 2.05) is 11.0 Å². The Morgan fingerprint density at radius 2 is 1.72 bits per heavy atom. The Hall–Kier alpha value is -1.31. The van der Waals surface area contributed by atoms with E-state index in [2.05, 4.69) is 5.10 Å². The van der Waals surface area contributed by atoms with Gasteiger partial charge in [-0.3, -0.25) is 4.79 Å². The predicted octanol–water partition coefficient (Wildman–Crippen LogP) is 3.29. The summed E-state index contributed by atoms with van der Waals surface area (Å²) in [5.74, 6) is 0. The van der Waals surface area contributed by atoms with E-state index in [4.69, 9.17) is 44.3 Å². The molecule has 0 unspecified atom stereocenters. The van der Waals surface area contributed by atoms with Crippen LogP contribution in [0, 0.1) is 0 Å². The molecule has 0 aliphatic rings. The highest BCUT2D eigenvalue weighted by Crippen LogP contribution is 2.28. The quantitative estimate of drug-likeness (QED) is 0.673. The fraction of sp³-hybridized carbons (Fsp3) is 0.375. The van der Waals surface area contributed by atoms with Gasteiger partial charge in [-0.05, 0) is 18.2 Å². The van der Waals surface area contributed by atoms with E-state index in [-0.39, 0.29) is 10.0 Å². The number of ether oxygens (including phenoxy) is 2. The summed E-state index contributed by atoms with van der Waals surface area (Å²) in [6.45, 7) is 2.42. The number of rotatable bonds is 8. The van der Waals surface area contributed by atoms with Crippen molar-refractivity contribution in [3.05, 3.63) is 49.8 Å². The Morgan fingerprint density at radius 1 is 1.08 bits per heavy atom. The van der Waals surface area contributed by atoms with Gasteiger partial charge in [-0.1, -0.05) is 34.8 Å². The molecule has 9 heteroatoms. The lowest BCUT2D eigenvalue weighted by Gasteiger charge is -2.25. The number of anilines is 1. The minimum absolute atomic E-state index is 0.0846. The Balaban J connectivity index is 2.36. The van der Waals surface area contributed by atoms with Crippen molar-refractivity contribution >= 4 is 40.5 Å². The van der Waals surface area contributed by atoms with Gasteiger partial charge in [0.1, 0.15) is 5.02 Å². The standard InChI is InChI=1S/C16H18Cl3N3O3/c1-24-7-5-21(6-8-25-2)14-4-3-11(9-12(14)17)22-16(23)15(19)13(18)10-20-22/h3-4,9-10H,5-8H2,1-2H3. The van der Waals surface area contributed by atoms with Gasteiger partial charge < -0.3 is 14.4 Å². The van der Waals surface area contributed by atoms with Gasteiger partial charge >= 0.3 is 0 Å². The van der Waals surface area contributed by atoms with Crippen LogP contribution in [0.1, 0.15) is 0 Å². The third kappa shape index (κ3) is 4.86. The van der Waals surface area contributed by atoms with Crippen LogP contribution in [-0.4, -0.2) is 50.3 Å². The van der Waals surface area contributed by atoms with E-state index in [1.165, 1.54) is 6.20 Å². The minimum Gasteiger partial charge on any atom is -0.383 e. The summed E-state index contributed by atoms with van der Waals surface area (Å²) in [4.78, 5) is 14.2. The van der Waals surface area contributed by atoms with Crippen molar-refractivity contribution in [3.8, 4) is 5.69 Å². The molecular weight excluding hydrogens is 389 g/mol. The van der Waals surface area contributed by atoms with Crippen LogP contribution in [0.3, 0.4) is 0 Å². The van der Waals surface area contributed by atoms with Gasteiger partial charge in [0.05, 0.1) is 40.8 Å². The van der Waals surface area contributed by atoms with Crippen LogP contribution in [0.5, 0.6) is 0 Å². The predicted molar refractivity (Wildman–Crippen MR) is 101 cm³/mol. The molecule has 0 aliphatic carbocycles. The molecule has 0 aliphatic heterocycles. The van der Waals surface area contributed by atoms with Crippen LogP contribution in [0.4, 0.5) is 5.69 Å². The van der Waals surface area contributed by atoms with Gasteiger partial charge in [0.25, 0.3) is 5.56 Å². The van der Waals surface area contributed by atoms with Gasteiger partial charge in [0, 0.05) is 27.3 Å². The molecule has 0 saturated carbocycles. The number of hydrogen-bond acceptors (Lipinski definition) is 5. The maximum absolute atomic E-state index is 12.2. The summed E-state index contributed by atoms with van der Waals surface area (Å²) >= 11 is 18.1. The first-order chi connectivity index (χ1) is 12.0. The number of halogens is 3. The van der Waals surface area contributed by atoms with E-state index in [9.17, 15) is 4.79 Å². The molecule has 0 atom stereocenters. The molecule has 0 spiro atoms. The molecule has 1 aromatic heterocycles. The Bertz CT molecular complexity index is 775. The first-order valence-corrected chi connectivity index (χ1v) is 8.59. The monoisotopic (exact) mass is 405 g/mol. The van der Waals surface area contributed by atoms with Crippen molar-refractivity contribution in [3.63, 3.8) is 0 Å². The third-order valence-corrected chi connectivity index (χ3v) is 4.57. The van der Waals surface area contributed by atoms with Crippen LogP contribution in [0.15, 0.2) is 29.2 Å². The van der Waals surface area contributed by atoms with E-state index < -0.39 is 5.56 Å². The summed E-state index contributed by atoms with van der Waals surface area (Å²) in [6.07, 6.45) is 1.32. The molecule has 0 radical (unpaired) electrons. The molecule has 6 nitrogen and oxygen atoms in total. The van der Waals surface area contributed by atoms with Gasteiger partial charge in [0.15, 0.2) is 0 Å². The molecule has 0 N–H and O–H groups in total. The van der Waals surface area contributed by atoms with Gasteiger partial charge in [-0.2, -0.15) is 9.78 Å². The number of hydrogen-bond donors (Lipinski definition) is 0. The number of methoxy groups -OCH3 is 2. The Labute approximate surface area is 160 Å². The highest BCUT2D eigenvalue weighted by Gasteiger charge is 2.14. The highest BCUT2D eigenvalue weighted by atomic mass is 35.5. The summed E-state index contributed by atoms with van der Waals surface area (Å²) in [5.41, 5.74) is 0.803. The molecule has 0 saturated heterocycles. The first-order valence-electron chi connectivity index (χ1n) is 7.45. The molecule has 2 rings (SSSR count). The molecule has 25 heavy (non-hydrogen) atoms. The van der Waals surface area contributed by atoms with E-state index >= 15 is 0 Å². The molecule has 0 amide bonds. The average Bonchev–Trinajstić information content (AvgIpc) is 2.60. The minimum atomic E-state index is -0.506. The lowest BCUT2D eigenvalue weighted by atomic mass is 10.2. The maximum Gasteiger partial charge on any atom is 0.291 e. The van der Waals surface area contributed by atoms with Gasteiger partial charge in [-0.25, -0.2) is 0 Å². The van der Waals surface area contributed by atoms with Crippen LogP contribution in [0.25, 0.3) is 5.69 Å². The topological polar surface area (TPSA) is 56.6 Å². The Morgan fingerprint density at radius 3 is 2.28 bits per heavy atom. The third-order valence-electron chi connectivity index (χ3n) is 3.52. The largest absolute Gasteiger partial charge is 0.383 e. The van der Waals surface area contributed by atoms with E-state index in [0.29, 0.717) is 37.0 Å². The van der Waals surface area contributed by atoms with Crippen molar-refractivity contribution in [2.45, 2.75) is 0 Å². The molecule has 0 bridgehead atoms. The van der Waals surface area contributed by atoms with E-state index in [1.54, 1.807) is 26.4 Å². The molecule has 2 aromatic rings. The Kier molecular flexibility index (Phi) is 7.53. The number of benzene rings is 1. The zero-order valence-corrected chi connectivity index (χ0v) is 16.1. The highest BCUT2D eigenvalue weighted by molar-refractivity contribution is 6.41. The van der Waals surface area contributed by atoms with Crippen molar-refractivity contribution < 1.29 is 9.47 Å². The molecular formula is C16H18Cl3N3O3. The fourth-order valence-electron chi connectivity index (χ4n) is 2.24. The summed E-state index contributed by atoms with van der Waals surface area (Å²) in [7, 11) is 3.28. The van der Waals surface area contributed by atoms with Crippen LogP contribution < -0.4 is 10.5 Å². The summed E-state index contributed by atoms with van der Waals surface area (Å²) in [5, 5.41) is 4.50. The zero-order valence-electron chi connectivity index (χ0n) is 13.8. The first kappa shape index (κ1) is 20.0. The van der Waals surface area contributed by atoms with Crippen molar-refractivity contribution in [2.75, 3.05) is 45.4 Å². The molecule has 1 aromatic carbocycles. The van der Waals surface area contributed by atoms with Crippen LogP contribution >= 0.6 is 34.8 Å². The van der Waals surface area contributed by atoms with Gasteiger partial charge in [0.2, 0.25) is 0 Å². The van der Waals surface area contributed by atoms with E-state index in [0.717, 1.165) is 10.4 Å². The lowest BCUT2D eigenvalue weighted by molar-refractivity contribution is 0.190.